The maximum Gasteiger partial charge on any atom is 0.0545 e. The minimum atomic E-state index is 0.853. The van der Waals surface area contributed by atoms with Crippen LogP contribution in [0.25, 0.3) is 0 Å². The third-order valence-corrected chi connectivity index (χ3v) is 3.01. The SMILES string of the molecule is C#CCSCCN1CCCNCC1. The van der Waals surface area contributed by atoms with Gasteiger partial charge in [-0.1, -0.05) is 5.92 Å². The largest absolute Gasteiger partial charge is 0.315 e. The van der Waals surface area contributed by atoms with Gasteiger partial charge in [0.15, 0.2) is 0 Å². The van der Waals surface area contributed by atoms with Crippen LogP contribution in [0.2, 0.25) is 0 Å². The van der Waals surface area contributed by atoms with Crippen molar-refractivity contribution in [2.45, 2.75) is 6.42 Å². The first-order chi connectivity index (χ1) is 6.43. The molecule has 2 nitrogen and oxygen atoms in total. The van der Waals surface area contributed by atoms with Crippen molar-refractivity contribution < 1.29 is 0 Å². The Labute approximate surface area is 85.4 Å². The predicted octanol–water partition coefficient (Wildman–Crippen LogP) is 0.648. The fourth-order valence-electron chi connectivity index (χ4n) is 1.45. The van der Waals surface area contributed by atoms with Crippen LogP contribution in [0.1, 0.15) is 6.42 Å². The Morgan fingerprint density at radius 3 is 3.15 bits per heavy atom. The number of terminal acetylenes is 1. The molecule has 13 heavy (non-hydrogen) atoms. The van der Waals surface area contributed by atoms with Crippen LogP contribution in [0.15, 0.2) is 0 Å². The number of nitrogens with one attached hydrogen (secondary N) is 1. The molecule has 0 bridgehead atoms. The highest BCUT2D eigenvalue weighted by Crippen LogP contribution is 2.01. The van der Waals surface area contributed by atoms with E-state index in [0.717, 1.165) is 12.3 Å². The Morgan fingerprint density at radius 1 is 1.38 bits per heavy atom. The lowest BCUT2D eigenvalue weighted by molar-refractivity contribution is 0.311. The highest BCUT2D eigenvalue weighted by Gasteiger charge is 2.06. The van der Waals surface area contributed by atoms with E-state index in [-0.39, 0.29) is 0 Å². The molecule has 0 aliphatic carbocycles. The van der Waals surface area contributed by atoms with Crippen LogP contribution in [0, 0.1) is 12.3 Å². The monoisotopic (exact) mass is 198 g/mol. The average Bonchev–Trinajstić information content (AvgIpc) is 2.41. The van der Waals surface area contributed by atoms with Crippen molar-refractivity contribution in [1.29, 1.82) is 0 Å². The van der Waals surface area contributed by atoms with Gasteiger partial charge in [-0.2, -0.15) is 0 Å². The van der Waals surface area contributed by atoms with Crippen LogP contribution in [0.3, 0.4) is 0 Å². The summed E-state index contributed by atoms with van der Waals surface area (Å²) in [5.74, 6) is 4.67. The molecule has 0 atom stereocenters. The first-order valence-electron chi connectivity index (χ1n) is 4.88. The second-order valence-electron chi connectivity index (χ2n) is 3.20. The first-order valence-corrected chi connectivity index (χ1v) is 6.03. The van der Waals surface area contributed by atoms with Crippen molar-refractivity contribution in [2.75, 3.05) is 44.2 Å². The zero-order valence-corrected chi connectivity index (χ0v) is 8.91. The van der Waals surface area contributed by atoms with Gasteiger partial charge in [0.1, 0.15) is 0 Å². The highest BCUT2D eigenvalue weighted by atomic mass is 32.2. The summed E-state index contributed by atoms with van der Waals surface area (Å²) < 4.78 is 0. The van der Waals surface area contributed by atoms with Crippen molar-refractivity contribution >= 4 is 11.8 Å². The van der Waals surface area contributed by atoms with Crippen molar-refractivity contribution in [2.24, 2.45) is 0 Å². The normalized spacial score (nSPS) is 19.3. The predicted molar refractivity (Wildman–Crippen MR) is 60.1 cm³/mol. The van der Waals surface area contributed by atoms with E-state index in [1.807, 2.05) is 11.8 Å². The summed E-state index contributed by atoms with van der Waals surface area (Å²) in [6.45, 7) is 5.93. The molecule has 0 radical (unpaired) electrons. The lowest BCUT2D eigenvalue weighted by Gasteiger charge is -2.18. The molecule has 1 aliphatic rings. The summed E-state index contributed by atoms with van der Waals surface area (Å²) >= 11 is 1.86. The fourth-order valence-corrected chi connectivity index (χ4v) is 2.10. The van der Waals surface area contributed by atoms with E-state index < -0.39 is 0 Å². The molecule has 74 valence electrons. The molecule has 3 heteroatoms. The van der Waals surface area contributed by atoms with Gasteiger partial charge >= 0.3 is 0 Å². The number of rotatable bonds is 4. The number of thioether (sulfide) groups is 1. The molecular weight excluding hydrogens is 180 g/mol. The van der Waals surface area contributed by atoms with E-state index in [9.17, 15) is 0 Å². The summed E-state index contributed by atoms with van der Waals surface area (Å²) in [5, 5.41) is 3.40. The van der Waals surface area contributed by atoms with E-state index >= 15 is 0 Å². The topological polar surface area (TPSA) is 15.3 Å². The molecule has 0 aromatic rings. The smallest absolute Gasteiger partial charge is 0.0545 e. The highest BCUT2D eigenvalue weighted by molar-refractivity contribution is 7.99. The van der Waals surface area contributed by atoms with Crippen molar-refractivity contribution in [3.8, 4) is 12.3 Å². The quantitative estimate of drug-likeness (QED) is 0.527. The summed E-state index contributed by atoms with van der Waals surface area (Å²) in [7, 11) is 0. The minimum absolute atomic E-state index is 0.853. The molecule has 0 unspecified atom stereocenters. The molecule has 1 heterocycles. The Morgan fingerprint density at radius 2 is 2.31 bits per heavy atom. The molecular formula is C10H18N2S. The third-order valence-electron chi connectivity index (χ3n) is 2.17. The maximum absolute atomic E-state index is 5.18. The van der Waals surface area contributed by atoms with E-state index in [2.05, 4.69) is 16.1 Å². The van der Waals surface area contributed by atoms with Crippen molar-refractivity contribution in [3.63, 3.8) is 0 Å². The Hall–Kier alpha value is -0.170. The van der Waals surface area contributed by atoms with Gasteiger partial charge in [0.2, 0.25) is 0 Å². The van der Waals surface area contributed by atoms with Crippen molar-refractivity contribution in [1.82, 2.24) is 10.2 Å². The Kier molecular flexibility index (Phi) is 6.09. The summed E-state index contributed by atoms with van der Waals surface area (Å²) in [5.41, 5.74) is 0. The lowest BCUT2D eigenvalue weighted by Crippen LogP contribution is -2.30. The summed E-state index contributed by atoms with van der Waals surface area (Å²) in [6.07, 6.45) is 6.46. The minimum Gasteiger partial charge on any atom is -0.315 e. The van der Waals surface area contributed by atoms with Gasteiger partial charge in [0.25, 0.3) is 0 Å². The number of hydrogen-bond acceptors (Lipinski definition) is 3. The Balaban J connectivity index is 2.02. The van der Waals surface area contributed by atoms with Crippen LogP contribution in [0.5, 0.6) is 0 Å². The second kappa shape index (κ2) is 7.25. The van der Waals surface area contributed by atoms with Gasteiger partial charge in [0, 0.05) is 25.4 Å². The molecule has 1 rings (SSSR count). The van der Waals surface area contributed by atoms with Gasteiger partial charge < -0.3 is 10.2 Å². The fraction of sp³-hybridized carbons (Fsp3) is 0.800. The van der Waals surface area contributed by atoms with E-state index in [1.165, 1.54) is 38.4 Å². The van der Waals surface area contributed by atoms with Gasteiger partial charge in [-0.25, -0.2) is 0 Å². The zero-order valence-electron chi connectivity index (χ0n) is 8.09. The average molecular weight is 198 g/mol. The van der Waals surface area contributed by atoms with E-state index in [1.54, 1.807) is 0 Å². The number of hydrogen-bond donors (Lipinski definition) is 1. The molecule has 0 spiro atoms. The Bertz CT molecular complexity index is 157. The lowest BCUT2D eigenvalue weighted by atomic mass is 10.4. The molecule has 1 aliphatic heterocycles. The van der Waals surface area contributed by atoms with Gasteiger partial charge in [-0.15, -0.1) is 18.2 Å². The summed E-state index contributed by atoms with van der Waals surface area (Å²) in [6, 6.07) is 0. The van der Waals surface area contributed by atoms with E-state index in [4.69, 9.17) is 6.42 Å². The molecule has 1 saturated heterocycles. The van der Waals surface area contributed by atoms with Crippen LogP contribution < -0.4 is 5.32 Å². The van der Waals surface area contributed by atoms with Gasteiger partial charge in [-0.05, 0) is 19.5 Å². The molecule has 0 saturated carbocycles. The third kappa shape index (κ3) is 5.20. The standard InChI is InChI=1S/C10H18N2S/c1-2-9-13-10-8-12-6-3-4-11-5-7-12/h1,11H,3-10H2. The molecule has 0 amide bonds. The van der Waals surface area contributed by atoms with E-state index in [0.29, 0.717) is 0 Å². The molecule has 0 aromatic heterocycles. The van der Waals surface area contributed by atoms with Crippen LogP contribution in [0.4, 0.5) is 0 Å². The molecule has 1 N–H and O–H groups in total. The zero-order chi connectivity index (χ0) is 9.36. The van der Waals surface area contributed by atoms with Gasteiger partial charge in [-0.3, -0.25) is 0 Å². The maximum atomic E-state index is 5.18. The molecule has 1 fully saturated rings. The first kappa shape index (κ1) is 10.9. The number of nitrogens with zero attached hydrogens (tertiary/aromatic N) is 1. The van der Waals surface area contributed by atoms with Crippen LogP contribution in [-0.4, -0.2) is 49.1 Å². The van der Waals surface area contributed by atoms with Crippen molar-refractivity contribution in [3.05, 3.63) is 0 Å². The van der Waals surface area contributed by atoms with Gasteiger partial charge in [0.05, 0.1) is 5.75 Å². The van der Waals surface area contributed by atoms with Crippen LogP contribution in [-0.2, 0) is 0 Å². The summed E-state index contributed by atoms with van der Waals surface area (Å²) in [4.78, 5) is 2.52. The van der Waals surface area contributed by atoms with Crippen LogP contribution >= 0.6 is 11.8 Å². The second-order valence-corrected chi connectivity index (χ2v) is 4.31. The molecule has 0 aromatic carbocycles.